The van der Waals surface area contributed by atoms with Crippen LogP contribution in [0, 0.1) is 11.8 Å². The molecule has 0 aromatic heterocycles. The lowest BCUT2D eigenvalue weighted by atomic mass is 9.81. The summed E-state index contributed by atoms with van der Waals surface area (Å²) >= 11 is 0. The minimum absolute atomic E-state index is 0.144. The standard InChI is InChI=1S/C22H32N4O2.C4H4O4/c1-22-10-11-24(2)20(22)25(3)19-12-17(8-9-18(19)22)28-21(27)23-26-13-15-4-5-16(14-26)7-6-15;5-3(6)1-2-4(7)8/h8-9,12,15-16,20H,4-7,10-11,13-14H2,1-3H3,(H,23,27);1-2H,(H,5,6)(H,7,8)/b;2-1+/t15?,16?,20-,22+;/m0./s1. The Morgan fingerprint density at radius 2 is 1.61 bits per heavy atom. The highest BCUT2D eigenvalue weighted by atomic mass is 16.6. The van der Waals surface area contributed by atoms with Crippen molar-refractivity contribution in [2.75, 3.05) is 38.6 Å². The van der Waals surface area contributed by atoms with Gasteiger partial charge in [0.05, 0.1) is 6.17 Å². The van der Waals surface area contributed by atoms with Crippen LogP contribution in [0.3, 0.4) is 0 Å². The number of carbonyl (C=O) groups excluding carboxylic acids is 1. The van der Waals surface area contributed by atoms with Crippen LogP contribution in [0.2, 0.25) is 0 Å². The molecule has 1 saturated carbocycles. The monoisotopic (exact) mass is 500 g/mol. The molecule has 4 heterocycles. The molecule has 2 atom stereocenters. The maximum absolute atomic E-state index is 12.5. The van der Waals surface area contributed by atoms with Gasteiger partial charge in [0.15, 0.2) is 0 Å². The lowest BCUT2D eigenvalue weighted by molar-refractivity contribution is -0.134. The van der Waals surface area contributed by atoms with Crippen molar-refractivity contribution in [1.82, 2.24) is 15.3 Å². The highest BCUT2D eigenvalue weighted by molar-refractivity contribution is 5.89. The van der Waals surface area contributed by atoms with Gasteiger partial charge in [0.1, 0.15) is 5.75 Å². The smallest absolute Gasteiger partial charge is 0.427 e. The summed E-state index contributed by atoms with van der Waals surface area (Å²) in [5.74, 6) is -0.471. The maximum Gasteiger partial charge on any atom is 0.427 e. The number of fused-ring (bicyclic) bond motifs is 7. The average molecular weight is 501 g/mol. The summed E-state index contributed by atoms with van der Waals surface area (Å²) in [4.78, 5) is 36.4. The molecule has 0 spiro atoms. The topological polar surface area (TPSA) is 123 Å². The van der Waals surface area contributed by atoms with Gasteiger partial charge in [0.2, 0.25) is 0 Å². The molecule has 1 aromatic rings. The first-order chi connectivity index (χ1) is 17.1. The molecule has 10 heteroatoms. The summed E-state index contributed by atoms with van der Waals surface area (Å²) in [6, 6.07) is 6.13. The molecule has 5 aliphatic rings. The second-order valence-electron chi connectivity index (χ2n) is 10.6. The van der Waals surface area contributed by atoms with Crippen LogP contribution in [0.15, 0.2) is 30.4 Å². The first-order valence-corrected chi connectivity index (χ1v) is 12.5. The minimum atomic E-state index is -1.26. The van der Waals surface area contributed by atoms with Crippen molar-refractivity contribution in [1.29, 1.82) is 0 Å². The number of hydrogen-bond acceptors (Lipinski definition) is 7. The lowest BCUT2D eigenvalue weighted by Crippen LogP contribution is -2.45. The normalized spacial score (nSPS) is 29.2. The van der Waals surface area contributed by atoms with Gasteiger partial charge in [-0.05, 0) is 62.6 Å². The van der Waals surface area contributed by atoms with Gasteiger partial charge in [-0.15, -0.1) is 0 Å². The number of carboxylic acids is 2. The molecular formula is C26H36N4O6. The number of benzene rings is 1. The number of hydrogen-bond donors (Lipinski definition) is 3. The van der Waals surface area contributed by atoms with Crippen LogP contribution in [0.25, 0.3) is 0 Å². The molecule has 6 rings (SSSR count). The number of nitrogens with one attached hydrogen (secondary N) is 1. The fourth-order valence-corrected chi connectivity index (χ4v) is 6.41. The molecule has 0 radical (unpaired) electrons. The van der Waals surface area contributed by atoms with E-state index in [1.165, 1.54) is 36.9 Å². The second kappa shape index (κ2) is 10.5. The number of carboxylic acid groups (broad SMARTS) is 2. The van der Waals surface area contributed by atoms with Crippen molar-refractivity contribution in [2.45, 2.75) is 50.6 Å². The van der Waals surface area contributed by atoms with Gasteiger partial charge in [-0.25, -0.2) is 19.4 Å². The van der Waals surface area contributed by atoms with Crippen LogP contribution < -0.4 is 15.1 Å². The highest BCUT2D eigenvalue weighted by Gasteiger charge is 2.52. The number of rotatable bonds is 4. The minimum Gasteiger partial charge on any atom is -0.478 e. The molecule has 0 unspecified atom stereocenters. The van der Waals surface area contributed by atoms with E-state index in [9.17, 15) is 14.4 Å². The predicted octanol–water partition coefficient (Wildman–Crippen LogP) is 2.89. The van der Waals surface area contributed by atoms with Gasteiger partial charge < -0.3 is 19.8 Å². The predicted molar refractivity (Wildman–Crippen MR) is 134 cm³/mol. The van der Waals surface area contributed by atoms with Crippen LogP contribution >= 0.6 is 0 Å². The number of likely N-dealkylation sites (tertiary alicyclic amines) is 1. The Kier molecular flexibility index (Phi) is 7.56. The van der Waals surface area contributed by atoms with Crippen LogP contribution in [0.4, 0.5) is 10.5 Å². The number of carbonyl (C=O) groups is 3. The highest BCUT2D eigenvalue weighted by Crippen LogP contribution is 2.51. The second-order valence-corrected chi connectivity index (χ2v) is 10.6. The molecule has 196 valence electrons. The van der Waals surface area contributed by atoms with Crippen molar-refractivity contribution < 1.29 is 29.3 Å². The largest absolute Gasteiger partial charge is 0.478 e. The van der Waals surface area contributed by atoms with Gasteiger partial charge in [-0.1, -0.05) is 13.0 Å². The number of ether oxygens (including phenoxy) is 1. The average Bonchev–Trinajstić information content (AvgIpc) is 3.05. The Morgan fingerprint density at radius 3 is 2.17 bits per heavy atom. The molecule has 3 N–H and O–H groups in total. The van der Waals surface area contributed by atoms with E-state index in [2.05, 4.69) is 47.3 Å². The van der Waals surface area contributed by atoms with Crippen molar-refractivity contribution in [3.8, 4) is 5.75 Å². The number of anilines is 1. The molecule has 36 heavy (non-hydrogen) atoms. The molecule has 10 nitrogen and oxygen atoms in total. The summed E-state index contributed by atoms with van der Waals surface area (Å²) in [6.07, 6.45) is 7.46. The van der Waals surface area contributed by atoms with E-state index in [1.807, 2.05) is 12.1 Å². The van der Waals surface area contributed by atoms with Crippen LogP contribution in [0.5, 0.6) is 5.75 Å². The van der Waals surface area contributed by atoms with E-state index in [0.29, 0.717) is 35.9 Å². The molecular weight excluding hydrogens is 464 g/mol. The fraction of sp³-hybridized carbons (Fsp3) is 0.577. The summed E-state index contributed by atoms with van der Waals surface area (Å²) in [5.41, 5.74) is 5.68. The molecule has 1 aliphatic carbocycles. The first kappa shape index (κ1) is 26.0. The quantitative estimate of drug-likeness (QED) is 0.536. The number of hydrazine groups is 1. The van der Waals surface area contributed by atoms with Gasteiger partial charge >= 0.3 is 18.0 Å². The Balaban J connectivity index is 0.000000331. The van der Waals surface area contributed by atoms with E-state index < -0.39 is 11.9 Å². The number of likely N-dealkylation sites (N-methyl/N-ethyl adjacent to an activating group) is 2. The van der Waals surface area contributed by atoms with Gasteiger partial charge in [-0.3, -0.25) is 10.3 Å². The molecule has 1 amide bonds. The molecule has 4 aliphatic heterocycles. The van der Waals surface area contributed by atoms with E-state index in [4.69, 9.17) is 14.9 Å². The van der Waals surface area contributed by atoms with Crippen LogP contribution in [-0.4, -0.2) is 78.0 Å². The molecule has 3 saturated heterocycles. The summed E-state index contributed by atoms with van der Waals surface area (Å²) in [5, 5.41) is 17.7. The third-order valence-electron chi connectivity index (χ3n) is 8.05. The van der Waals surface area contributed by atoms with E-state index in [0.717, 1.165) is 26.1 Å². The van der Waals surface area contributed by atoms with Crippen LogP contribution in [0.1, 0.15) is 44.6 Å². The molecule has 2 bridgehead atoms. The maximum atomic E-state index is 12.5. The summed E-state index contributed by atoms with van der Waals surface area (Å²) in [7, 11) is 4.34. The zero-order valence-corrected chi connectivity index (χ0v) is 21.1. The van der Waals surface area contributed by atoms with Gasteiger partial charge in [0, 0.05) is 56.0 Å². The van der Waals surface area contributed by atoms with Crippen molar-refractivity contribution in [3.05, 3.63) is 35.9 Å². The van der Waals surface area contributed by atoms with Crippen molar-refractivity contribution >= 4 is 23.7 Å². The van der Waals surface area contributed by atoms with Crippen molar-refractivity contribution in [3.63, 3.8) is 0 Å². The van der Waals surface area contributed by atoms with E-state index in [-0.39, 0.29) is 11.5 Å². The Morgan fingerprint density at radius 1 is 1.03 bits per heavy atom. The zero-order chi connectivity index (χ0) is 26.0. The van der Waals surface area contributed by atoms with Crippen molar-refractivity contribution in [2.24, 2.45) is 11.8 Å². The third-order valence-corrected chi connectivity index (χ3v) is 8.05. The fourth-order valence-electron chi connectivity index (χ4n) is 6.41. The van der Waals surface area contributed by atoms with E-state index in [1.54, 1.807) is 0 Å². The number of aliphatic carboxylic acids is 2. The summed E-state index contributed by atoms with van der Waals surface area (Å²) < 4.78 is 5.67. The SMILES string of the molecule is CN1CC[C@]2(C)c3ccc(OC(=O)NN4CC5CCC(CC5)C4)cc3N(C)[C@H]12.O=C(O)/C=C/C(=O)O. The zero-order valence-electron chi connectivity index (χ0n) is 21.1. The molecule has 4 fully saturated rings. The first-order valence-electron chi connectivity index (χ1n) is 12.5. The third kappa shape index (κ3) is 5.49. The molecule has 1 aromatic carbocycles. The van der Waals surface area contributed by atoms with Gasteiger partial charge in [0.25, 0.3) is 0 Å². The Hall–Kier alpha value is -3.11. The van der Waals surface area contributed by atoms with Crippen LogP contribution in [-0.2, 0) is 15.0 Å². The Labute approximate surface area is 211 Å². The Bertz CT molecular complexity index is 1010. The lowest BCUT2D eigenvalue weighted by Gasteiger charge is -2.32. The number of nitrogens with zero attached hydrogens (tertiary/aromatic N) is 3. The number of amides is 1. The van der Waals surface area contributed by atoms with E-state index >= 15 is 0 Å². The van der Waals surface area contributed by atoms with Gasteiger partial charge in [-0.2, -0.15) is 0 Å². The summed E-state index contributed by atoms with van der Waals surface area (Å²) in [6.45, 7) is 5.36.